The summed E-state index contributed by atoms with van der Waals surface area (Å²) in [6.07, 6.45) is 3.21. The lowest BCUT2D eigenvalue weighted by molar-refractivity contribution is -0.128. The second-order valence-electron chi connectivity index (χ2n) is 5.46. The highest BCUT2D eigenvalue weighted by atomic mass is 35.5. The molecular formula is C17H16ClN3O2. The maximum absolute atomic E-state index is 12.9. The monoisotopic (exact) mass is 329 g/mol. The van der Waals surface area contributed by atoms with Gasteiger partial charge in [-0.2, -0.15) is 0 Å². The Balaban J connectivity index is 2.00. The van der Waals surface area contributed by atoms with Gasteiger partial charge in [0.1, 0.15) is 6.04 Å². The summed E-state index contributed by atoms with van der Waals surface area (Å²) in [5.74, 6) is -0.445. The first-order chi connectivity index (χ1) is 11.1. The van der Waals surface area contributed by atoms with Crippen LogP contribution in [0.25, 0.3) is 0 Å². The molecule has 0 radical (unpaired) electrons. The number of carbonyl (C=O) groups is 2. The van der Waals surface area contributed by atoms with E-state index in [1.54, 1.807) is 41.4 Å². The van der Waals surface area contributed by atoms with Gasteiger partial charge in [0.15, 0.2) is 0 Å². The maximum Gasteiger partial charge on any atom is 0.256 e. The number of benzene rings is 1. The standard InChI is InChI=1S/C17H16ClN3O2/c1-11-8-12(10-19-9-11)17(23)21-7-6-20-16(22)15(21)13-4-2-3-5-14(13)18/h2-5,8-10,15H,6-7H2,1H3,(H,20,22)/t15-/m0/s1. The molecule has 1 aromatic heterocycles. The van der Waals surface area contributed by atoms with Gasteiger partial charge in [-0.05, 0) is 24.6 Å². The van der Waals surface area contributed by atoms with Gasteiger partial charge in [0.25, 0.3) is 5.91 Å². The number of amides is 2. The molecule has 5 nitrogen and oxygen atoms in total. The van der Waals surface area contributed by atoms with E-state index in [1.165, 1.54) is 6.20 Å². The molecule has 0 bridgehead atoms. The molecule has 23 heavy (non-hydrogen) atoms. The quantitative estimate of drug-likeness (QED) is 0.920. The fraction of sp³-hybridized carbons (Fsp3) is 0.235. The molecule has 6 heteroatoms. The number of aromatic nitrogens is 1. The first kappa shape index (κ1) is 15.5. The van der Waals surface area contributed by atoms with Crippen molar-refractivity contribution < 1.29 is 9.59 Å². The highest BCUT2D eigenvalue weighted by molar-refractivity contribution is 6.31. The minimum Gasteiger partial charge on any atom is -0.352 e. The lowest BCUT2D eigenvalue weighted by Crippen LogP contribution is -2.52. The lowest BCUT2D eigenvalue weighted by Gasteiger charge is -2.35. The topological polar surface area (TPSA) is 62.3 Å². The highest BCUT2D eigenvalue weighted by Crippen LogP contribution is 2.30. The zero-order valence-corrected chi connectivity index (χ0v) is 13.4. The van der Waals surface area contributed by atoms with Gasteiger partial charge in [-0.1, -0.05) is 29.8 Å². The molecule has 0 saturated carbocycles. The van der Waals surface area contributed by atoms with Crippen molar-refractivity contribution in [1.29, 1.82) is 0 Å². The van der Waals surface area contributed by atoms with Crippen LogP contribution in [-0.2, 0) is 4.79 Å². The molecule has 118 valence electrons. The number of nitrogens with zero attached hydrogens (tertiary/aromatic N) is 2. The third kappa shape index (κ3) is 3.05. The van der Waals surface area contributed by atoms with Crippen LogP contribution >= 0.6 is 11.6 Å². The van der Waals surface area contributed by atoms with Crippen molar-refractivity contribution >= 4 is 23.4 Å². The van der Waals surface area contributed by atoms with Gasteiger partial charge < -0.3 is 10.2 Å². The van der Waals surface area contributed by atoms with Gasteiger partial charge in [0.05, 0.1) is 5.56 Å². The number of carbonyl (C=O) groups excluding carboxylic acids is 2. The third-order valence-corrected chi connectivity index (χ3v) is 4.14. The Bertz CT molecular complexity index is 763. The average Bonchev–Trinajstić information content (AvgIpc) is 2.55. The van der Waals surface area contributed by atoms with E-state index >= 15 is 0 Å². The second-order valence-corrected chi connectivity index (χ2v) is 5.87. The van der Waals surface area contributed by atoms with Gasteiger partial charge in [0.2, 0.25) is 5.91 Å². The van der Waals surface area contributed by atoms with Gasteiger partial charge >= 0.3 is 0 Å². The molecule has 2 amide bonds. The molecule has 1 saturated heterocycles. The van der Waals surface area contributed by atoms with Crippen molar-refractivity contribution in [1.82, 2.24) is 15.2 Å². The number of nitrogens with one attached hydrogen (secondary N) is 1. The van der Waals surface area contributed by atoms with Gasteiger partial charge in [0, 0.05) is 36.1 Å². The van der Waals surface area contributed by atoms with Crippen LogP contribution in [0.5, 0.6) is 0 Å². The van der Waals surface area contributed by atoms with Gasteiger partial charge in [-0.25, -0.2) is 0 Å². The predicted octanol–water partition coefficient (Wildman–Crippen LogP) is 2.36. The Morgan fingerprint density at radius 1 is 1.35 bits per heavy atom. The van der Waals surface area contributed by atoms with Crippen molar-refractivity contribution in [2.24, 2.45) is 0 Å². The average molecular weight is 330 g/mol. The third-order valence-electron chi connectivity index (χ3n) is 3.79. The van der Waals surface area contributed by atoms with E-state index in [2.05, 4.69) is 10.3 Å². The smallest absolute Gasteiger partial charge is 0.256 e. The molecule has 3 rings (SSSR count). The summed E-state index contributed by atoms with van der Waals surface area (Å²) in [6.45, 7) is 2.72. The van der Waals surface area contributed by atoms with Crippen molar-refractivity contribution in [3.63, 3.8) is 0 Å². The molecule has 1 aliphatic heterocycles. The minimum atomic E-state index is -0.731. The zero-order valence-electron chi connectivity index (χ0n) is 12.6. The zero-order chi connectivity index (χ0) is 16.4. The summed E-state index contributed by atoms with van der Waals surface area (Å²) in [7, 11) is 0. The molecule has 1 fully saturated rings. The van der Waals surface area contributed by atoms with Crippen LogP contribution in [0.3, 0.4) is 0 Å². The van der Waals surface area contributed by atoms with Crippen LogP contribution in [0.1, 0.15) is 27.5 Å². The predicted molar refractivity (Wildman–Crippen MR) is 87.2 cm³/mol. The number of pyridine rings is 1. The van der Waals surface area contributed by atoms with Crippen molar-refractivity contribution in [3.05, 3.63) is 64.4 Å². The SMILES string of the molecule is Cc1cncc(C(=O)N2CCNC(=O)[C@@H]2c2ccccc2Cl)c1. The lowest BCUT2D eigenvalue weighted by atomic mass is 10.0. The van der Waals surface area contributed by atoms with Crippen LogP contribution in [0.2, 0.25) is 5.02 Å². The van der Waals surface area contributed by atoms with E-state index in [4.69, 9.17) is 11.6 Å². The number of hydrogen-bond donors (Lipinski definition) is 1. The van der Waals surface area contributed by atoms with Crippen LogP contribution in [0.15, 0.2) is 42.7 Å². The number of piperazine rings is 1. The highest BCUT2D eigenvalue weighted by Gasteiger charge is 2.35. The maximum atomic E-state index is 12.9. The Hall–Kier alpha value is -2.40. The summed E-state index contributed by atoms with van der Waals surface area (Å²) in [4.78, 5) is 30.8. The summed E-state index contributed by atoms with van der Waals surface area (Å²) < 4.78 is 0. The van der Waals surface area contributed by atoms with Crippen LogP contribution in [0.4, 0.5) is 0 Å². The Morgan fingerprint density at radius 2 is 2.13 bits per heavy atom. The van der Waals surface area contributed by atoms with E-state index < -0.39 is 6.04 Å². The number of rotatable bonds is 2. The molecule has 0 aliphatic carbocycles. The number of halogens is 1. The van der Waals surface area contributed by atoms with E-state index in [0.717, 1.165) is 5.56 Å². The minimum absolute atomic E-state index is 0.221. The van der Waals surface area contributed by atoms with Crippen LogP contribution in [0, 0.1) is 6.92 Å². The summed E-state index contributed by atoms with van der Waals surface area (Å²) >= 11 is 6.23. The van der Waals surface area contributed by atoms with Gasteiger partial charge in [-0.15, -0.1) is 0 Å². The Morgan fingerprint density at radius 3 is 2.87 bits per heavy atom. The van der Waals surface area contributed by atoms with Crippen molar-refractivity contribution in [2.45, 2.75) is 13.0 Å². The van der Waals surface area contributed by atoms with Crippen molar-refractivity contribution in [2.75, 3.05) is 13.1 Å². The van der Waals surface area contributed by atoms with Crippen molar-refractivity contribution in [3.8, 4) is 0 Å². The summed E-state index contributed by atoms with van der Waals surface area (Å²) in [5.41, 5.74) is 1.99. The molecule has 2 aromatic rings. The van der Waals surface area contributed by atoms with E-state index in [9.17, 15) is 9.59 Å². The van der Waals surface area contributed by atoms with Crippen LogP contribution in [-0.4, -0.2) is 34.8 Å². The number of hydrogen-bond acceptors (Lipinski definition) is 3. The molecule has 2 heterocycles. The molecule has 0 unspecified atom stereocenters. The Kier molecular flexibility index (Phi) is 4.30. The normalized spacial score (nSPS) is 17.7. The molecule has 1 aromatic carbocycles. The molecule has 1 atom stereocenters. The molecule has 1 aliphatic rings. The molecule has 0 spiro atoms. The van der Waals surface area contributed by atoms with E-state index in [-0.39, 0.29) is 11.8 Å². The van der Waals surface area contributed by atoms with Gasteiger partial charge in [-0.3, -0.25) is 14.6 Å². The summed E-state index contributed by atoms with van der Waals surface area (Å²) in [6, 6.07) is 8.13. The first-order valence-electron chi connectivity index (χ1n) is 7.32. The first-order valence-corrected chi connectivity index (χ1v) is 7.70. The van der Waals surface area contributed by atoms with Crippen LogP contribution < -0.4 is 5.32 Å². The van der Waals surface area contributed by atoms with E-state index in [0.29, 0.717) is 29.2 Å². The fourth-order valence-electron chi connectivity index (χ4n) is 2.73. The van der Waals surface area contributed by atoms with E-state index in [1.807, 2.05) is 6.92 Å². The Labute approximate surface area is 139 Å². The largest absolute Gasteiger partial charge is 0.352 e. The number of aryl methyl sites for hydroxylation is 1. The summed E-state index contributed by atoms with van der Waals surface area (Å²) in [5, 5.41) is 3.27. The molecular weight excluding hydrogens is 314 g/mol. The molecule has 1 N–H and O–H groups in total. The second kappa shape index (κ2) is 6.38. The fourth-order valence-corrected chi connectivity index (χ4v) is 2.97.